The molecular weight excluding hydrogens is 244 g/mol. The van der Waals surface area contributed by atoms with E-state index in [0.29, 0.717) is 11.3 Å². The van der Waals surface area contributed by atoms with Crippen LogP contribution < -0.4 is 0 Å². The maximum atomic E-state index is 12.1. The molecule has 0 spiro atoms. The standard InChI is InChI=1S/C14H18N2O3/c1-4-6-16-11(3)13(10(2)15-16)14(17)19-9-12-5-7-18-8-12/h5,7-8H,4,6,9H2,1-3H3. The number of hydrogen-bond acceptors (Lipinski definition) is 4. The summed E-state index contributed by atoms with van der Waals surface area (Å²) in [6.07, 6.45) is 4.10. The van der Waals surface area contributed by atoms with Crippen molar-refractivity contribution in [3.8, 4) is 0 Å². The summed E-state index contributed by atoms with van der Waals surface area (Å²) in [6.45, 7) is 6.82. The van der Waals surface area contributed by atoms with Crippen LogP contribution in [0.25, 0.3) is 0 Å². The molecule has 0 aliphatic carbocycles. The molecule has 0 amide bonds. The minimum Gasteiger partial charge on any atom is -0.472 e. The quantitative estimate of drug-likeness (QED) is 0.777. The zero-order valence-corrected chi connectivity index (χ0v) is 11.5. The fourth-order valence-electron chi connectivity index (χ4n) is 2.02. The molecular formula is C14H18N2O3. The van der Waals surface area contributed by atoms with Crippen LogP contribution in [0, 0.1) is 13.8 Å². The van der Waals surface area contributed by atoms with Crippen LogP contribution in [0.4, 0.5) is 0 Å². The predicted molar refractivity (Wildman–Crippen MR) is 69.8 cm³/mol. The van der Waals surface area contributed by atoms with Crippen LogP contribution in [0.15, 0.2) is 23.0 Å². The van der Waals surface area contributed by atoms with Gasteiger partial charge in [-0.25, -0.2) is 4.79 Å². The van der Waals surface area contributed by atoms with Gasteiger partial charge < -0.3 is 9.15 Å². The Labute approximate surface area is 112 Å². The number of aromatic nitrogens is 2. The van der Waals surface area contributed by atoms with Crippen molar-refractivity contribution < 1.29 is 13.9 Å². The molecule has 0 aliphatic rings. The van der Waals surface area contributed by atoms with Crippen molar-refractivity contribution in [3.63, 3.8) is 0 Å². The van der Waals surface area contributed by atoms with Crippen LogP contribution in [-0.4, -0.2) is 15.7 Å². The highest BCUT2D eigenvalue weighted by molar-refractivity contribution is 5.91. The lowest BCUT2D eigenvalue weighted by Gasteiger charge is -2.04. The summed E-state index contributed by atoms with van der Waals surface area (Å²) in [7, 11) is 0. The number of carbonyl (C=O) groups excluding carboxylic acids is 1. The highest BCUT2D eigenvalue weighted by atomic mass is 16.5. The first-order valence-electron chi connectivity index (χ1n) is 6.35. The first-order chi connectivity index (χ1) is 9.13. The minimum absolute atomic E-state index is 0.215. The second-order valence-electron chi connectivity index (χ2n) is 4.48. The van der Waals surface area contributed by atoms with Gasteiger partial charge in [-0.2, -0.15) is 5.10 Å². The van der Waals surface area contributed by atoms with Crippen LogP contribution in [0.3, 0.4) is 0 Å². The van der Waals surface area contributed by atoms with Gasteiger partial charge in [-0.05, 0) is 26.3 Å². The van der Waals surface area contributed by atoms with Gasteiger partial charge in [-0.3, -0.25) is 4.68 Å². The third-order valence-electron chi connectivity index (χ3n) is 2.97. The summed E-state index contributed by atoms with van der Waals surface area (Å²) in [4.78, 5) is 12.1. The zero-order chi connectivity index (χ0) is 13.8. The zero-order valence-electron chi connectivity index (χ0n) is 11.5. The van der Waals surface area contributed by atoms with E-state index in [-0.39, 0.29) is 12.6 Å². The van der Waals surface area contributed by atoms with Crippen LogP contribution in [-0.2, 0) is 17.9 Å². The molecule has 0 radical (unpaired) electrons. The summed E-state index contributed by atoms with van der Waals surface area (Å²) < 4.78 is 12.1. The SMILES string of the molecule is CCCn1nc(C)c(C(=O)OCc2ccoc2)c1C. The van der Waals surface area contributed by atoms with Crippen LogP contribution >= 0.6 is 0 Å². The number of nitrogens with zero attached hydrogens (tertiary/aromatic N) is 2. The van der Waals surface area contributed by atoms with Crippen molar-refractivity contribution in [1.29, 1.82) is 0 Å². The molecule has 2 aromatic heterocycles. The van der Waals surface area contributed by atoms with Crippen LogP contribution in [0.5, 0.6) is 0 Å². The number of rotatable bonds is 5. The molecule has 0 aliphatic heterocycles. The highest BCUT2D eigenvalue weighted by Crippen LogP contribution is 2.16. The topological polar surface area (TPSA) is 57.3 Å². The number of ether oxygens (including phenoxy) is 1. The maximum absolute atomic E-state index is 12.1. The third kappa shape index (κ3) is 2.86. The Balaban J connectivity index is 2.10. The third-order valence-corrected chi connectivity index (χ3v) is 2.97. The minimum atomic E-state index is -0.335. The monoisotopic (exact) mass is 262 g/mol. The van der Waals surface area contributed by atoms with E-state index >= 15 is 0 Å². The second-order valence-corrected chi connectivity index (χ2v) is 4.48. The van der Waals surface area contributed by atoms with E-state index in [1.165, 1.54) is 0 Å². The molecule has 2 rings (SSSR count). The molecule has 0 atom stereocenters. The van der Waals surface area contributed by atoms with Gasteiger partial charge in [0.1, 0.15) is 12.2 Å². The number of esters is 1. The molecule has 0 fully saturated rings. The van der Waals surface area contributed by atoms with E-state index in [1.54, 1.807) is 18.6 Å². The largest absolute Gasteiger partial charge is 0.472 e. The molecule has 0 unspecified atom stereocenters. The van der Waals surface area contributed by atoms with Gasteiger partial charge in [-0.15, -0.1) is 0 Å². The molecule has 0 aromatic carbocycles. The van der Waals surface area contributed by atoms with Gasteiger partial charge >= 0.3 is 5.97 Å². The van der Waals surface area contributed by atoms with Crippen LogP contribution in [0.1, 0.15) is 40.7 Å². The first kappa shape index (κ1) is 13.4. The fraction of sp³-hybridized carbons (Fsp3) is 0.429. The smallest absolute Gasteiger partial charge is 0.342 e. The molecule has 2 aromatic rings. The second kappa shape index (κ2) is 5.73. The average Bonchev–Trinajstić information content (AvgIpc) is 2.97. The molecule has 0 saturated heterocycles. The number of furan rings is 1. The summed E-state index contributed by atoms with van der Waals surface area (Å²) >= 11 is 0. The van der Waals surface area contributed by atoms with Gasteiger partial charge in [-0.1, -0.05) is 6.92 Å². The molecule has 0 bridgehead atoms. The Hall–Kier alpha value is -2.04. The number of hydrogen-bond donors (Lipinski definition) is 0. The van der Waals surface area contributed by atoms with Crippen molar-refractivity contribution in [3.05, 3.63) is 41.1 Å². The van der Waals surface area contributed by atoms with Crippen LogP contribution in [0.2, 0.25) is 0 Å². The van der Waals surface area contributed by atoms with Gasteiger partial charge in [0.2, 0.25) is 0 Å². The van der Waals surface area contributed by atoms with Gasteiger partial charge in [0.25, 0.3) is 0 Å². The van der Waals surface area contributed by atoms with Crippen molar-refractivity contribution in [2.45, 2.75) is 40.3 Å². The van der Waals surface area contributed by atoms with Gasteiger partial charge in [0, 0.05) is 12.1 Å². The lowest BCUT2D eigenvalue weighted by atomic mass is 10.2. The lowest BCUT2D eigenvalue weighted by Crippen LogP contribution is -2.08. The van der Waals surface area contributed by atoms with Crippen molar-refractivity contribution >= 4 is 5.97 Å². The van der Waals surface area contributed by atoms with E-state index in [1.807, 2.05) is 18.5 Å². The Morgan fingerprint density at radius 1 is 1.47 bits per heavy atom. The Morgan fingerprint density at radius 2 is 2.26 bits per heavy atom. The predicted octanol–water partition coefficient (Wildman–Crippen LogP) is 2.86. The van der Waals surface area contributed by atoms with E-state index in [0.717, 1.165) is 24.2 Å². The molecule has 5 heteroatoms. The number of aryl methyl sites for hydroxylation is 2. The summed E-state index contributed by atoms with van der Waals surface area (Å²) in [6, 6.07) is 1.77. The lowest BCUT2D eigenvalue weighted by molar-refractivity contribution is 0.0470. The first-order valence-corrected chi connectivity index (χ1v) is 6.35. The summed E-state index contributed by atoms with van der Waals surface area (Å²) in [5.74, 6) is -0.335. The average molecular weight is 262 g/mol. The number of carbonyl (C=O) groups is 1. The fourth-order valence-corrected chi connectivity index (χ4v) is 2.02. The summed E-state index contributed by atoms with van der Waals surface area (Å²) in [5, 5.41) is 4.36. The Kier molecular flexibility index (Phi) is 4.04. The molecule has 5 nitrogen and oxygen atoms in total. The molecule has 102 valence electrons. The maximum Gasteiger partial charge on any atom is 0.342 e. The Morgan fingerprint density at radius 3 is 2.89 bits per heavy atom. The van der Waals surface area contributed by atoms with E-state index in [4.69, 9.17) is 9.15 Å². The van der Waals surface area contributed by atoms with Crippen molar-refractivity contribution in [1.82, 2.24) is 9.78 Å². The van der Waals surface area contributed by atoms with Gasteiger partial charge in [0.05, 0.1) is 23.9 Å². The summed E-state index contributed by atoms with van der Waals surface area (Å²) in [5.41, 5.74) is 2.97. The van der Waals surface area contributed by atoms with Crippen molar-refractivity contribution in [2.75, 3.05) is 0 Å². The normalized spacial score (nSPS) is 10.7. The molecule has 0 N–H and O–H groups in total. The van der Waals surface area contributed by atoms with Crippen molar-refractivity contribution in [2.24, 2.45) is 0 Å². The highest BCUT2D eigenvalue weighted by Gasteiger charge is 2.19. The molecule has 0 saturated carbocycles. The molecule has 2 heterocycles. The Bertz CT molecular complexity index is 556. The van der Waals surface area contributed by atoms with E-state index in [9.17, 15) is 4.79 Å². The van der Waals surface area contributed by atoms with E-state index in [2.05, 4.69) is 12.0 Å². The van der Waals surface area contributed by atoms with Gasteiger partial charge in [0.15, 0.2) is 0 Å². The van der Waals surface area contributed by atoms with E-state index < -0.39 is 0 Å². The molecule has 19 heavy (non-hydrogen) atoms.